The van der Waals surface area contributed by atoms with Gasteiger partial charge in [0.25, 0.3) is 0 Å². The summed E-state index contributed by atoms with van der Waals surface area (Å²) < 4.78 is 20.0. The van der Waals surface area contributed by atoms with Gasteiger partial charge in [0.05, 0.1) is 42.3 Å². The average Bonchev–Trinajstić information content (AvgIpc) is 3.02. The van der Waals surface area contributed by atoms with Crippen LogP contribution in [0, 0.1) is 5.82 Å². The molecule has 0 saturated heterocycles. The Hall–Kier alpha value is -3.72. The molecule has 0 fully saturated rings. The average molecular weight is 427 g/mol. The molecule has 3 rings (SSSR count). The number of rotatable bonds is 8. The van der Waals surface area contributed by atoms with E-state index in [1.165, 1.54) is 36.9 Å². The summed E-state index contributed by atoms with van der Waals surface area (Å²) in [6.07, 6.45) is 3.06. The van der Waals surface area contributed by atoms with Gasteiger partial charge >= 0.3 is 5.97 Å². The Morgan fingerprint density at radius 3 is 2.48 bits per heavy atom. The van der Waals surface area contributed by atoms with Crippen molar-refractivity contribution in [2.75, 3.05) is 7.11 Å². The first-order valence-corrected chi connectivity index (χ1v) is 9.36. The minimum atomic E-state index is -1.47. The molecule has 0 bridgehead atoms. The summed E-state index contributed by atoms with van der Waals surface area (Å²) in [6, 6.07) is 8.76. The Morgan fingerprint density at radius 1 is 1.23 bits per heavy atom. The van der Waals surface area contributed by atoms with Gasteiger partial charge in [-0.25, -0.2) is 9.18 Å². The quantitative estimate of drug-likeness (QED) is 0.507. The smallest absolute Gasteiger partial charge is 0.339 e. The molecule has 1 unspecified atom stereocenters. The predicted molar refractivity (Wildman–Crippen MR) is 113 cm³/mol. The molecule has 0 spiro atoms. The molecular weight excluding hydrogens is 405 g/mol. The predicted octanol–water partition coefficient (Wildman–Crippen LogP) is 2.68. The third-order valence-corrected chi connectivity index (χ3v) is 4.68. The van der Waals surface area contributed by atoms with Crippen LogP contribution in [0.25, 0.3) is 23.1 Å². The largest absolute Gasteiger partial charge is 0.495 e. The summed E-state index contributed by atoms with van der Waals surface area (Å²) in [5, 5.41) is 25.0. The van der Waals surface area contributed by atoms with Crippen LogP contribution < -0.4 is 10.5 Å². The van der Waals surface area contributed by atoms with Gasteiger partial charge in [-0.1, -0.05) is 18.2 Å². The number of fused-ring (bicyclic) bond motifs is 1. The number of aromatic carboxylic acids is 1. The number of methoxy groups -OCH3 is 1. The summed E-state index contributed by atoms with van der Waals surface area (Å²) >= 11 is 0. The third-order valence-electron chi connectivity index (χ3n) is 4.68. The van der Waals surface area contributed by atoms with Crippen molar-refractivity contribution in [2.24, 2.45) is 5.73 Å². The highest BCUT2D eigenvalue weighted by atomic mass is 19.1. The fourth-order valence-corrected chi connectivity index (χ4v) is 3.39. The molecule has 0 saturated carbocycles. The molecule has 3 aromatic rings. The van der Waals surface area contributed by atoms with Crippen LogP contribution >= 0.6 is 0 Å². The summed E-state index contributed by atoms with van der Waals surface area (Å²) in [4.78, 5) is 22.9. The second kappa shape index (κ2) is 8.57. The first-order valence-electron chi connectivity index (χ1n) is 9.36. The minimum Gasteiger partial charge on any atom is -0.495 e. The Morgan fingerprint density at radius 2 is 1.90 bits per heavy atom. The number of hydrogen-bond acceptors (Lipinski definition) is 5. The molecule has 0 aliphatic rings. The van der Waals surface area contributed by atoms with Gasteiger partial charge in [0, 0.05) is 0 Å². The van der Waals surface area contributed by atoms with Gasteiger partial charge in [0.1, 0.15) is 17.1 Å². The number of hydrogen-bond donors (Lipinski definition) is 3. The Balaban J connectivity index is 2.16. The number of benzene rings is 2. The number of halogens is 1. The SMILES string of the molecule is COc1c(C(=O)O)ccc2c1c(C=Cc1ccc(F)cc1)nn2CC(C)(O)CC(N)=O. The van der Waals surface area contributed by atoms with Crippen molar-refractivity contribution in [3.05, 3.63) is 59.0 Å². The van der Waals surface area contributed by atoms with E-state index < -0.39 is 17.5 Å². The molecule has 0 radical (unpaired) electrons. The van der Waals surface area contributed by atoms with Crippen LogP contribution in [0.15, 0.2) is 36.4 Å². The van der Waals surface area contributed by atoms with Crippen LogP contribution in [-0.2, 0) is 11.3 Å². The molecule has 1 aromatic heterocycles. The summed E-state index contributed by atoms with van der Waals surface area (Å²) in [7, 11) is 1.36. The third kappa shape index (κ3) is 4.89. The van der Waals surface area contributed by atoms with E-state index in [9.17, 15) is 24.2 Å². The Kier molecular flexibility index (Phi) is 6.07. The van der Waals surface area contributed by atoms with Gasteiger partial charge in [-0.05, 0) is 42.8 Å². The molecule has 31 heavy (non-hydrogen) atoms. The zero-order valence-electron chi connectivity index (χ0n) is 17.0. The highest BCUT2D eigenvalue weighted by molar-refractivity contribution is 6.03. The molecule has 1 atom stereocenters. The van der Waals surface area contributed by atoms with Gasteiger partial charge in [-0.2, -0.15) is 5.10 Å². The van der Waals surface area contributed by atoms with E-state index in [1.807, 2.05) is 0 Å². The standard InChI is InChI=1S/C22H22FN3O5/c1-22(30,11-18(24)27)12-26-17-10-8-15(21(28)29)20(31-2)19(17)16(25-26)9-5-13-3-6-14(23)7-4-13/h3-10,30H,11-12H2,1-2H3,(H2,24,27)(H,28,29). The molecular formula is C22H22FN3O5. The lowest BCUT2D eigenvalue weighted by Gasteiger charge is -2.21. The van der Waals surface area contributed by atoms with E-state index in [2.05, 4.69) is 5.10 Å². The number of aliphatic hydroxyl groups is 1. The molecule has 162 valence electrons. The normalized spacial score (nSPS) is 13.4. The van der Waals surface area contributed by atoms with Crippen molar-refractivity contribution < 1.29 is 28.9 Å². The molecule has 0 aliphatic heterocycles. The first kappa shape index (κ1) is 22.0. The van der Waals surface area contributed by atoms with Crippen LogP contribution in [0.5, 0.6) is 5.75 Å². The fraction of sp³-hybridized carbons (Fsp3) is 0.227. The highest BCUT2D eigenvalue weighted by Gasteiger charge is 2.27. The van der Waals surface area contributed by atoms with Crippen molar-refractivity contribution in [3.8, 4) is 5.75 Å². The van der Waals surface area contributed by atoms with Gasteiger partial charge in [0.2, 0.25) is 5.91 Å². The van der Waals surface area contributed by atoms with Crippen LogP contribution in [0.3, 0.4) is 0 Å². The molecule has 1 amide bonds. The van der Waals surface area contributed by atoms with Crippen LogP contribution in [0.2, 0.25) is 0 Å². The summed E-state index contributed by atoms with van der Waals surface area (Å²) in [5.41, 5.74) is 5.30. The minimum absolute atomic E-state index is 0.0464. The number of carbonyl (C=O) groups excluding carboxylic acids is 1. The van der Waals surface area contributed by atoms with Crippen LogP contribution in [0.4, 0.5) is 4.39 Å². The van der Waals surface area contributed by atoms with Crippen molar-refractivity contribution in [1.82, 2.24) is 9.78 Å². The lowest BCUT2D eigenvalue weighted by atomic mass is 10.0. The van der Waals surface area contributed by atoms with Gasteiger partial charge < -0.3 is 20.7 Å². The number of amides is 1. The molecule has 8 nitrogen and oxygen atoms in total. The number of carboxylic acids is 1. The highest BCUT2D eigenvalue weighted by Crippen LogP contribution is 2.34. The molecule has 2 aromatic carbocycles. The van der Waals surface area contributed by atoms with Crippen LogP contribution in [0.1, 0.15) is 35.0 Å². The lowest BCUT2D eigenvalue weighted by Crippen LogP contribution is -2.35. The number of carbonyl (C=O) groups is 2. The van der Waals surface area contributed by atoms with E-state index in [0.29, 0.717) is 22.2 Å². The number of nitrogens with two attached hydrogens (primary N) is 1. The Labute approximate surface area is 177 Å². The van der Waals surface area contributed by atoms with E-state index >= 15 is 0 Å². The second-order valence-corrected chi connectivity index (χ2v) is 7.41. The zero-order chi connectivity index (χ0) is 22.8. The van der Waals surface area contributed by atoms with Crippen molar-refractivity contribution in [2.45, 2.75) is 25.5 Å². The first-order chi connectivity index (χ1) is 14.6. The van der Waals surface area contributed by atoms with Crippen molar-refractivity contribution in [3.63, 3.8) is 0 Å². The monoisotopic (exact) mass is 427 g/mol. The number of primary amides is 1. The van der Waals surface area contributed by atoms with Crippen molar-refractivity contribution in [1.29, 1.82) is 0 Å². The van der Waals surface area contributed by atoms with Gasteiger partial charge in [-0.15, -0.1) is 0 Å². The molecule has 0 aliphatic carbocycles. The molecule has 1 heterocycles. The summed E-state index contributed by atoms with van der Waals surface area (Å²) in [5.74, 6) is -2.08. The fourth-order valence-electron chi connectivity index (χ4n) is 3.39. The maximum atomic E-state index is 13.2. The number of ether oxygens (including phenoxy) is 1. The maximum Gasteiger partial charge on any atom is 0.339 e. The van der Waals surface area contributed by atoms with Crippen LogP contribution in [-0.4, -0.2) is 44.6 Å². The topological polar surface area (TPSA) is 128 Å². The number of nitrogens with zero attached hydrogens (tertiary/aromatic N) is 2. The zero-order valence-corrected chi connectivity index (χ0v) is 17.0. The van der Waals surface area contributed by atoms with Crippen molar-refractivity contribution >= 4 is 34.9 Å². The van der Waals surface area contributed by atoms with Gasteiger partial charge in [0.15, 0.2) is 0 Å². The van der Waals surface area contributed by atoms with E-state index in [1.54, 1.807) is 30.4 Å². The second-order valence-electron chi connectivity index (χ2n) is 7.41. The number of carboxylic acid groups (broad SMARTS) is 1. The Bertz CT molecular complexity index is 1170. The summed E-state index contributed by atoms with van der Waals surface area (Å²) in [6.45, 7) is 1.40. The lowest BCUT2D eigenvalue weighted by molar-refractivity contribution is -0.122. The van der Waals surface area contributed by atoms with E-state index in [4.69, 9.17) is 10.5 Å². The van der Waals surface area contributed by atoms with E-state index in [-0.39, 0.29) is 30.1 Å². The van der Waals surface area contributed by atoms with Gasteiger partial charge in [-0.3, -0.25) is 9.48 Å². The molecule has 9 heteroatoms. The maximum absolute atomic E-state index is 13.2. The molecule has 4 N–H and O–H groups in total. The van der Waals surface area contributed by atoms with E-state index in [0.717, 1.165) is 0 Å². The number of aromatic nitrogens is 2.